The Morgan fingerprint density at radius 1 is 1.21 bits per heavy atom. The van der Waals surface area contributed by atoms with Crippen LogP contribution < -0.4 is 9.47 Å². The standard InChI is InChI=1S/C22H36O5Si/c1-15(19(24)11-10-12-27-28(8,9)22(3,4)5)17-13-20(25-6)16(2)21(26-7)18(17)14-23/h13-15H,10-12H2,1-9H3. The van der Waals surface area contributed by atoms with Gasteiger partial charge in [0.25, 0.3) is 0 Å². The van der Waals surface area contributed by atoms with E-state index in [2.05, 4.69) is 33.9 Å². The fraction of sp³-hybridized carbons (Fsp3) is 0.636. The van der Waals surface area contributed by atoms with Gasteiger partial charge in [-0.25, -0.2) is 0 Å². The Balaban J connectivity index is 2.90. The molecular weight excluding hydrogens is 372 g/mol. The van der Waals surface area contributed by atoms with Crippen molar-refractivity contribution in [2.75, 3.05) is 20.8 Å². The Labute approximate surface area is 170 Å². The van der Waals surface area contributed by atoms with Gasteiger partial charge in [0.2, 0.25) is 0 Å². The Morgan fingerprint density at radius 3 is 2.29 bits per heavy atom. The van der Waals surface area contributed by atoms with Crippen molar-refractivity contribution in [3.05, 3.63) is 22.8 Å². The van der Waals surface area contributed by atoms with Crippen LogP contribution in [0, 0.1) is 6.92 Å². The highest BCUT2D eigenvalue weighted by Gasteiger charge is 2.36. The second kappa shape index (κ2) is 9.70. The molecule has 0 saturated carbocycles. The molecule has 0 radical (unpaired) electrons. The van der Waals surface area contributed by atoms with E-state index in [4.69, 9.17) is 13.9 Å². The molecule has 1 rings (SSSR count). The molecule has 0 heterocycles. The maximum absolute atomic E-state index is 12.8. The summed E-state index contributed by atoms with van der Waals surface area (Å²) in [7, 11) is 1.28. The summed E-state index contributed by atoms with van der Waals surface area (Å²) in [5.74, 6) is 0.731. The van der Waals surface area contributed by atoms with Gasteiger partial charge in [0.1, 0.15) is 17.3 Å². The molecule has 0 saturated heterocycles. The molecule has 0 aromatic heterocycles. The van der Waals surface area contributed by atoms with Gasteiger partial charge in [-0.05, 0) is 43.1 Å². The molecule has 0 fully saturated rings. The highest BCUT2D eigenvalue weighted by Crippen LogP contribution is 2.38. The van der Waals surface area contributed by atoms with Crippen molar-refractivity contribution in [3.63, 3.8) is 0 Å². The van der Waals surface area contributed by atoms with Crippen LogP contribution in [0.4, 0.5) is 0 Å². The minimum absolute atomic E-state index is 0.0786. The summed E-state index contributed by atoms with van der Waals surface area (Å²) in [5, 5.41) is 0.151. The van der Waals surface area contributed by atoms with Crippen molar-refractivity contribution in [2.24, 2.45) is 0 Å². The van der Waals surface area contributed by atoms with Crippen molar-refractivity contribution in [1.29, 1.82) is 0 Å². The average Bonchev–Trinajstić information content (AvgIpc) is 2.62. The first kappa shape index (κ1) is 24.4. The lowest BCUT2D eigenvalue weighted by Gasteiger charge is -2.36. The summed E-state index contributed by atoms with van der Waals surface area (Å²) in [6.07, 6.45) is 1.84. The molecule has 1 atom stereocenters. The average molecular weight is 409 g/mol. The summed E-state index contributed by atoms with van der Waals surface area (Å²) in [5.41, 5.74) is 1.81. The van der Waals surface area contributed by atoms with Crippen molar-refractivity contribution in [2.45, 2.75) is 71.5 Å². The molecule has 1 unspecified atom stereocenters. The van der Waals surface area contributed by atoms with E-state index in [1.807, 2.05) is 13.8 Å². The first-order valence-electron chi connectivity index (χ1n) is 9.78. The highest BCUT2D eigenvalue weighted by molar-refractivity contribution is 6.74. The minimum atomic E-state index is -1.80. The van der Waals surface area contributed by atoms with Gasteiger partial charge in [-0.1, -0.05) is 27.7 Å². The number of methoxy groups -OCH3 is 2. The number of carbonyl (C=O) groups excluding carboxylic acids is 2. The lowest BCUT2D eigenvalue weighted by Crippen LogP contribution is -2.41. The van der Waals surface area contributed by atoms with E-state index in [1.165, 1.54) is 7.11 Å². The first-order chi connectivity index (χ1) is 12.9. The molecule has 1 aromatic carbocycles. The number of ether oxygens (including phenoxy) is 2. The number of aldehydes is 1. The van der Waals surface area contributed by atoms with Gasteiger partial charge in [-0.2, -0.15) is 0 Å². The molecule has 158 valence electrons. The predicted octanol–water partition coefficient (Wildman–Crippen LogP) is 5.30. The number of hydrogen-bond acceptors (Lipinski definition) is 5. The van der Waals surface area contributed by atoms with Crippen LogP contribution >= 0.6 is 0 Å². The van der Waals surface area contributed by atoms with Crippen LogP contribution in [0.1, 0.15) is 67.9 Å². The van der Waals surface area contributed by atoms with Gasteiger partial charge in [-0.15, -0.1) is 0 Å². The van der Waals surface area contributed by atoms with Crippen molar-refractivity contribution in [1.82, 2.24) is 0 Å². The third kappa shape index (κ3) is 5.45. The monoisotopic (exact) mass is 408 g/mol. The Morgan fingerprint density at radius 2 is 1.82 bits per heavy atom. The van der Waals surface area contributed by atoms with Gasteiger partial charge < -0.3 is 13.9 Å². The quantitative estimate of drug-likeness (QED) is 0.299. The third-order valence-corrected chi connectivity index (χ3v) is 10.4. The fourth-order valence-corrected chi connectivity index (χ4v) is 3.99. The number of rotatable bonds is 10. The van der Waals surface area contributed by atoms with Crippen LogP contribution in [0.15, 0.2) is 6.07 Å². The number of Topliss-reactive ketones (excluding diaryl/α,β-unsaturated/α-hetero) is 1. The zero-order chi connectivity index (χ0) is 21.7. The lowest BCUT2D eigenvalue weighted by atomic mass is 9.89. The molecule has 0 aliphatic rings. The first-order valence-corrected chi connectivity index (χ1v) is 12.7. The molecule has 1 aromatic rings. The molecule has 0 aliphatic heterocycles. The van der Waals surface area contributed by atoms with E-state index in [9.17, 15) is 9.59 Å². The van der Waals surface area contributed by atoms with Gasteiger partial charge in [0.15, 0.2) is 14.6 Å². The second-order valence-electron chi connectivity index (χ2n) is 8.76. The Kier molecular flexibility index (Phi) is 8.44. The van der Waals surface area contributed by atoms with E-state index in [0.29, 0.717) is 42.1 Å². The van der Waals surface area contributed by atoms with Crippen LogP contribution in [-0.2, 0) is 9.22 Å². The van der Waals surface area contributed by atoms with Crippen molar-refractivity contribution < 1.29 is 23.5 Å². The van der Waals surface area contributed by atoms with Crippen molar-refractivity contribution in [3.8, 4) is 11.5 Å². The summed E-state index contributed by atoms with van der Waals surface area (Å²) in [6, 6.07) is 1.77. The van der Waals surface area contributed by atoms with Crippen LogP contribution in [0.5, 0.6) is 11.5 Å². The van der Waals surface area contributed by atoms with Crippen LogP contribution in [-0.4, -0.2) is 41.2 Å². The summed E-state index contributed by atoms with van der Waals surface area (Å²) in [4.78, 5) is 24.5. The molecule has 6 heteroatoms. The van der Waals surface area contributed by atoms with E-state index in [1.54, 1.807) is 13.2 Å². The molecule has 0 amide bonds. The van der Waals surface area contributed by atoms with Gasteiger partial charge in [-0.3, -0.25) is 9.59 Å². The highest BCUT2D eigenvalue weighted by atomic mass is 28.4. The summed E-state index contributed by atoms with van der Waals surface area (Å²) >= 11 is 0. The summed E-state index contributed by atoms with van der Waals surface area (Å²) in [6.45, 7) is 15.3. The van der Waals surface area contributed by atoms with E-state index >= 15 is 0 Å². The maximum atomic E-state index is 12.8. The van der Waals surface area contributed by atoms with E-state index in [-0.39, 0.29) is 10.8 Å². The zero-order valence-electron chi connectivity index (χ0n) is 18.9. The van der Waals surface area contributed by atoms with Crippen LogP contribution in [0.2, 0.25) is 18.1 Å². The number of carbonyl (C=O) groups is 2. The van der Waals surface area contributed by atoms with Crippen LogP contribution in [0.3, 0.4) is 0 Å². The van der Waals surface area contributed by atoms with Crippen molar-refractivity contribution >= 4 is 20.4 Å². The molecule has 0 spiro atoms. The number of hydrogen-bond donors (Lipinski definition) is 0. The van der Waals surface area contributed by atoms with E-state index < -0.39 is 14.2 Å². The molecule has 5 nitrogen and oxygen atoms in total. The normalized spacial score (nSPS) is 13.2. The lowest BCUT2D eigenvalue weighted by molar-refractivity contribution is -0.120. The molecule has 28 heavy (non-hydrogen) atoms. The number of ketones is 1. The Hall–Kier alpha value is -1.66. The zero-order valence-corrected chi connectivity index (χ0v) is 19.9. The van der Waals surface area contributed by atoms with Gasteiger partial charge in [0.05, 0.1) is 19.8 Å². The largest absolute Gasteiger partial charge is 0.496 e. The maximum Gasteiger partial charge on any atom is 0.191 e. The predicted molar refractivity (Wildman–Crippen MR) is 115 cm³/mol. The minimum Gasteiger partial charge on any atom is -0.496 e. The summed E-state index contributed by atoms with van der Waals surface area (Å²) < 4.78 is 17.0. The number of benzene rings is 1. The molecular formula is C22H36O5Si. The van der Waals surface area contributed by atoms with Crippen LogP contribution in [0.25, 0.3) is 0 Å². The Bertz CT molecular complexity index is 704. The third-order valence-electron chi connectivity index (χ3n) is 5.88. The van der Waals surface area contributed by atoms with E-state index in [0.717, 1.165) is 11.8 Å². The smallest absolute Gasteiger partial charge is 0.191 e. The molecule has 0 N–H and O–H groups in total. The fourth-order valence-electron chi connectivity index (χ4n) is 2.91. The second-order valence-corrected chi connectivity index (χ2v) is 13.6. The topological polar surface area (TPSA) is 61.8 Å². The van der Waals surface area contributed by atoms with Gasteiger partial charge in [0, 0.05) is 24.5 Å². The SMILES string of the molecule is COc1cc(C(C)C(=O)CCCO[Si](C)(C)C(C)(C)C)c(C=O)c(OC)c1C. The van der Waals surface area contributed by atoms with Gasteiger partial charge >= 0.3 is 0 Å². The molecule has 0 aliphatic carbocycles. The molecule has 0 bridgehead atoms.